The zero-order valence-corrected chi connectivity index (χ0v) is 12.0. The highest BCUT2D eigenvalue weighted by molar-refractivity contribution is 5.89. The molecular formula is C15H21N3O3. The molecule has 1 saturated carbocycles. The van der Waals surface area contributed by atoms with Gasteiger partial charge in [-0.15, -0.1) is 0 Å². The standard InChI is InChI=1S/C15H21N3O3/c19-13(20)9-15(6-2-1-3-7-15)11-17-14(21)18-12-5-4-8-16-10-12/h4-5,8,10H,1-3,6-7,9,11H2,(H,19,20)(H2,17,18,21). The number of carbonyl (C=O) groups is 2. The van der Waals surface area contributed by atoms with Crippen LogP contribution in [-0.4, -0.2) is 28.6 Å². The lowest BCUT2D eigenvalue weighted by Crippen LogP contribution is -2.42. The van der Waals surface area contributed by atoms with Crippen molar-refractivity contribution in [3.8, 4) is 0 Å². The zero-order chi connectivity index (χ0) is 15.1. The maximum Gasteiger partial charge on any atom is 0.319 e. The van der Waals surface area contributed by atoms with Gasteiger partial charge in [0.1, 0.15) is 0 Å². The summed E-state index contributed by atoms with van der Waals surface area (Å²) in [5.41, 5.74) is 0.307. The second-order valence-electron chi connectivity index (χ2n) is 5.68. The molecule has 0 radical (unpaired) electrons. The van der Waals surface area contributed by atoms with Crippen molar-refractivity contribution in [2.24, 2.45) is 5.41 Å². The highest BCUT2D eigenvalue weighted by Crippen LogP contribution is 2.38. The second-order valence-corrected chi connectivity index (χ2v) is 5.68. The number of carboxylic acid groups (broad SMARTS) is 1. The van der Waals surface area contributed by atoms with E-state index in [1.165, 1.54) is 0 Å². The normalized spacial score (nSPS) is 17.0. The van der Waals surface area contributed by atoms with Crippen LogP contribution in [0.3, 0.4) is 0 Å². The van der Waals surface area contributed by atoms with Gasteiger partial charge in [0.15, 0.2) is 0 Å². The number of nitrogens with zero attached hydrogens (tertiary/aromatic N) is 1. The van der Waals surface area contributed by atoms with Gasteiger partial charge in [-0.1, -0.05) is 19.3 Å². The summed E-state index contributed by atoms with van der Waals surface area (Å²) in [6, 6.07) is 3.17. The van der Waals surface area contributed by atoms with Gasteiger partial charge in [-0.05, 0) is 30.4 Å². The number of hydrogen-bond acceptors (Lipinski definition) is 3. The van der Waals surface area contributed by atoms with E-state index in [9.17, 15) is 9.59 Å². The molecular weight excluding hydrogens is 270 g/mol. The Balaban J connectivity index is 1.89. The molecule has 21 heavy (non-hydrogen) atoms. The van der Waals surface area contributed by atoms with Crippen LogP contribution in [0.5, 0.6) is 0 Å². The molecule has 6 nitrogen and oxygen atoms in total. The molecule has 1 aliphatic carbocycles. The number of urea groups is 1. The third-order valence-corrected chi connectivity index (χ3v) is 3.98. The summed E-state index contributed by atoms with van der Waals surface area (Å²) < 4.78 is 0. The van der Waals surface area contributed by atoms with Crippen LogP contribution in [0.4, 0.5) is 10.5 Å². The van der Waals surface area contributed by atoms with Crippen molar-refractivity contribution in [2.75, 3.05) is 11.9 Å². The average molecular weight is 291 g/mol. The number of amides is 2. The van der Waals surface area contributed by atoms with Crippen molar-refractivity contribution in [1.29, 1.82) is 0 Å². The number of anilines is 1. The van der Waals surface area contributed by atoms with Crippen molar-refractivity contribution >= 4 is 17.7 Å². The van der Waals surface area contributed by atoms with E-state index in [0.717, 1.165) is 32.1 Å². The number of pyridine rings is 1. The van der Waals surface area contributed by atoms with Crippen LogP contribution in [0.1, 0.15) is 38.5 Å². The summed E-state index contributed by atoms with van der Waals surface area (Å²) in [4.78, 5) is 26.9. The molecule has 1 aliphatic rings. The van der Waals surface area contributed by atoms with E-state index < -0.39 is 5.97 Å². The number of hydrogen-bond donors (Lipinski definition) is 3. The molecule has 0 unspecified atom stereocenters. The van der Waals surface area contributed by atoms with Crippen molar-refractivity contribution in [2.45, 2.75) is 38.5 Å². The third kappa shape index (κ3) is 4.73. The van der Waals surface area contributed by atoms with Gasteiger partial charge >= 0.3 is 12.0 Å². The Labute approximate surface area is 124 Å². The van der Waals surface area contributed by atoms with Gasteiger partial charge < -0.3 is 15.7 Å². The molecule has 0 bridgehead atoms. The van der Waals surface area contributed by atoms with Crippen molar-refractivity contribution in [3.05, 3.63) is 24.5 Å². The largest absolute Gasteiger partial charge is 0.481 e. The maximum absolute atomic E-state index is 11.9. The Bertz CT molecular complexity index is 484. The molecule has 114 valence electrons. The summed E-state index contributed by atoms with van der Waals surface area (Å²) in [5, 5.41) is 14.6. The average Bonchev–Trinajstić information content (AvgIpc) is 2.47. The summed E-state index contributed by atoms with van der Waals surface area (Å²) >= 11 is 0. The zero-order valence-electron chi connectivity index (χ0n) is 12.0. The first-order valence-corrected chi connectivity index (χ1v) is 7.26. The van der Waals surface area contributed by atoms with Crippen LogP contribution in [-0.2, 0) is 4.79 Å². The molecule has 0 aliphatic heterocycles. The summed E-state index contributed by atoms with van der Waals surface area (Å²) in [6.07, 6.45) is 8.21. The van der Waals surface area contributed by atoms with Gasteiger partial charge in [0.25, 0.3) is 0 Å². The minimum Gasteiger partial charge on any atom is -0.481 e. The molecule has 1 aromatic heterocycles. The molecule has 3 N–H and O–H groups in total. The topological polar surface area (TPSA) is 91.3 Å². The van der Waals surface area contributed by atoms with E-state index in [1.807, 2.05) is 0 Å². The first kappa shape index (κ1) is 15.3. The lowest BCUT2D eigenvalue weighted by molar-refractivity contribution is -0.140. The Morgan fingerprint density at radius 3 is 2.67 bits per heavy atom. The highest BCUT2D eigenvalue weighted by Gasteiger charge is 2.34. The van der Waals surface area contributed by atoms with Crippen LogP contribution in [0.25, 0.3) is 0 Å². The number of carbonyl (C=O) groups excluding carboxylic acids is 1. The van der Waals surface area contributed by atoms with Crippen LogP contribution in [0.2, 0.25) is 0 Å². The van der Waals surface area contributed by atoms with Gasteiger partial charge in [-0.2, -0.15) is 0 Å². The smallest absolute Gasteiger partial charge is 0.319 e. The molecule has 0 atom stereocenters. The number of carboxylic acids is 1. The van der Waals surface area contributed by atoms with E-state index >= 15 is 0 Å². The third-order valence-electron chi connectivity index (χ3n) is 3.98. The Morgan fingerprint density at radius 1 is 1.29 bits per heavy atom. The van der Waals surface area contributed by atoms with Crippen molar-refractivity contribution < 1.29 is 14.7 Å². The lowest BCUT2D eigenvalue weighted by Gasteiger charge is -2.36. The van der Waals surface area contributed by atoms with E-state index in [0.29, 0.717) is 12.2 Å². The second kappa shape index (κ2) is 7.06. The molecule has 2 amide bonds. The van der Waals surface area contributed by atoms with Crippen LogP contribution in [0.15, 0.2) is 24.5 Å². The number of nitrogens with one attached hydrogen (secondary N) is 2. The fourth-order valence-electron chi connectivity index (χ4n) is 2.92. The minimum atomic E-state index is -0.800. The number of rotatable bonds is 5. The van der Waals surface area contributed by atoms with Gasteiger partial charge in [0.05, 0.1) is 18.3 Å². The van der Waals surface area contributed by atoms with Crippen molar-refractivity contribution in [1.82, 2.24) is 10.3 Å². The fourth-order valence-corrected chi connectivity index (χ4v) is 2.92. The van der Waals surface area contributed by atoms with E-state index in [1.54, 1.807) is 24.5 Å². The molecule has 6 heteroatoms. The molecule has 0 spiro atoms. The predicted molar refractivity (Wildman–Crippen MR) is 79.0 cm³/mol. The predicted octanol–water partition coefficient (Wildman–Crippen LogP) is 2.63. The number of aliphatic carboxylic acids is 1. The van der Waals surface area contributed by atoms with Crippen LogP contribution in [0, 0.1) is 5.41 Å². The summed E-state index contributed by atoms with van der Waals surface area (Å²) in [7, 11) is 0. The Kier molecular flexibility index (Phi) is 5.14. The van der Waals surface area contributed by atoms with Gasteiger partial charge in [0.2, 0.25) is 0 Å². The maximum atomic E-state index is 11.9. The molecule has 2 rings (SSSR count). The first-order chi connectivity index (χ1) is 10.1. The van der Waals surface area contributed by atoms with Gasteiger partial charge in [0, 0.05) is 12.7 Å². The molecule has 1 heterocycles. The van der Waals surface area contributed by atoms with Gasteiger partial charge in [-0.3, -0.25) is 9.78 Å². The summed E-state index contributed by atoms with van der Waals surface area (Å²) in [6.45, 7) is 0.394. The quantitative estimate of drug-likeness (QED) is 0.777. The van der Waals surface area contributed by atoms with E-state index in [-0.39, 0.29) is 17.9 Å². The molecule has 0 aromatic carbocycles. The summed E-state index contributed by atoms with van der Waals surface area (Å²) in [5.74, 6) is -0.800. The monoisotopic (exact) mass is 291 g/mol. The molecule has 0 saturated heterocycles. The van der Waals surface area contributed by atoms with Crippen LogP contribution >= 0.6 is 0 Å². The fraction of sp³-hybridized carbons (Fsp3) is 0.533. The molecule has 1 fully saturated rings. The SMILES string of the molecule is O=C(O)CC1(CNC(=O)Nc2cccnc2)CCCCC1. The highest BCUT2D eigenvalue weighted by atomic mass is 16.4. The van der Waals surface area contributed by atoms with Gasteiger partial charge in [-0.25, -0.2) is 4.79 Å². The Hall–Kier alpha value is -2.11. The minimum absolute atomic E-state index is 0.111. The number of aromatic nitrogens is 1. The first-order valence-electron chi connectivity index (χ1n) is 7.26. The van der Waals surface area contributed by atoms with Crippen LogP contribution < -0.4 is 10.6 Å². The Morgan fingerprint density at radius 2 is 2.05 bits per heavy atom. The van der Waals surface area contributed by atoms with E-state index in [2.05, 4.69) is 15.6 Å². The lowest BCUT2D eigenvalue weighted by atomic mass is 9.72. The van der Waals surface area contributed by atoms with E-state index in [4.69, 9.17) is 5.11 Å². The van der Waals surface area contributed by atoms with Crippen molar-refractivity contribution in [3.63, 3.8) is 0 Å². The molecule has 1 aromatic rings.